The van der Waals surface area contributed by atoms with Crippen LogP contribution in [0.1, 0.15) is 51.0 Å². The van der Waals surface area contributed by atoms with E-state index in [1.165, 1.54) is 11.0 Å². The van der Waals surface area contributed by atoms with Gasteiger partial charge in [0.25, 0.3) is 11.8 Å². The lowest BCUT2D eigenvalue weighted by Gasteiger charge is -2.31. The molecular weight excluding hydrogens is 432 g/mol. The van der Waals surface area contributed by atoms with Gasteiger partial charge in [-0.3, -0.25) is 19.7 Å². The molecule has 2 aromatic heterocycles. The second-order valence-corrected chi connectivity index (χ2v) is 7.00. The van der Waals surface area contributed by atoms with Gasteiger partial charge in [-0.25, -0.2) is 0 Å². The van der Waals surface area contributed by atoms with Crippen molar-refractivity contribution in [2.24, 2.45) is 0 Å². The van der Waals surface area contributed by atoms with Crippen molar-refractivity contribution in [1.82, 2.24) is 25.4 Å². The van der Waals surface area contributed by atoms with Crippen LogP contribution in [0.4, 0.5) is 26.3 Å². The van der Waals surface area contributed by atoms with E-state index in [-0.39, 0.29) is 17.2 Å². The van der Waals surface area contributed by atoms with Gasteiger partial charge in [0, 0.05) is 30.9 Å². The monoisotopic (exact) mass is 449 g/mol. The van der Waals surface area contributed by atoms with Crippen molar-refractivity contribution in [3.05, 3.63) is 47.0 Å². The molecule has 3 heterocycles. The third kappa shape index (κ3) is 5.73. The van der Waals surface area contributed by atoms with Gasteiger partial charge in [-0.2, -0.15) is 31.4 Å². The summed E-state index contributed by atoms with van der Waals surface area (Å²) in [6.45, 7) is -0.856. The van der Waals surface area contributed by atoms with Crippen LogP contribution in [-0.4, -0.2) is 57.7 Å². The smallest absolute Gasteiger partial charge is 0.342 e. The lowest BCUT2D eigenvalue weighted by molar-refractivity contribution is -0.141. The molecule has 13 heteroatoms. The molecular formula is C18H17F6N5O2. The molecule has 0 atom stereocenters. The molecule has 3 rings (SSSR count). The number of piperidine rings is 1. The van der Waals surface area contributed by atoms with Crippen LogP contribution in [0.3, 0.4) is 0 Å². The summed E-state index contributed by atoms with van der Waals surface area (Å²) in [7, 11) is 0. The third-order valence-electron chi connectivity index (χ3n) is 4.80. The molecule has 0 saturated carbocycles. The predicted octanol–water partition coefficient (Wildman–Crippen LogP) is 3.14. The predicted molar refractivity (Wildman–Crippen MR) is 94.1 cm³/mol. The molecule has 2 amide bonds. The van der Waals surface area contributed by atoms with E-state index in [1.807, 2.05) is 0 Å². The Morgan fingerprint density at radius 1 is 1.13 bits per heavy atom. The van der Waals surface area contributed by atoms with Gasteiger partial charge in [0.05, 0.1) is 5.56 Å². The summed E-state index contributed by atoms with van der Waals surface area (Å²) in [6, 6.07) is 3.19. The van der Waals surface area contributed by atoms with Crippen molar-refractivity contribution in [3.63, 3.8) is 0 Å². The Morgan fingerprint density at radius 2 is 1.81 bits per heavy atom. The molecule has 0 unspecified atom stereocenters. The highest BCUT2D eigenvalue weighted by molar-refractivity contribution is 5.94. The summed E-state index contributed by atoms with van der Waals surface area (Å²) in [5.41, 5.74) is -0.664. The van der Waals surface area contributed by atoms with Crippen molar-refractivity contribution in [3.8, 4) is 0 Å². The maximum Gasteiger partial charge on any atom is 0.433 e. The Labute approximate surface area is 171 Å². The summed E-state index contributed by atoms with van der Waals surface area (Å²) >= 11 is 0. The summed E-state index contributed by atoms with van der Waals surface area (Å²) in [4.78, 5) is 29.0. The van der Waals surface area contributed by atoms with Crippen LogP contribution in [0, 0.1) is 0 Å². The number of aromatic amines is 1. The largest absolute Gasteiger partial charge is 0.433 e. The normalized spacial score (nSPS) is 15.7. The van der Waals surface area contributed by atoms with Gasteiger partial charge in [0.15, 0.2) is 0 Å². The van der Waals surface area contributed by atoms with E-state index in [4.69, 9.17) is 0 Å². The zero-order valence-corrected chi connectivity index (χ0v) is 15.8. The standard InChI is InChI=1S/C18H17F6N5O2/c19-17(20,21)9-26-15(30)13-7-12(27-28-13)10-3-5-29(6-4-10)16(31)11-1-2-14(25-8-11)18(22,23)24/h1-2,7-8,10H,3-6,9H2,(H,26,30)(H,27,28). The number of carbonyl (C=O) groups is 2. The second kappa shape index (κ2) is 8.55. The molecule has 2 N–H and O–H groups in total. The topological polar surface area (TPSA) is 91.0 Å². The van der Waals surface area contributed by atoms with Crippen molar-refractivity contribution in [2.45, 2.75) is 31.1 Å². The first-order valence-corrected chi connectivity index (χ1v) is 9.17. The van der Waals surface area contributed by atoms with Crippen molar-refractivity contribution in [2.75, 3.05) is 19.6 Å². The number of pyridine rings is 1. The SMILES string of the molecule is O=C(NCC(F)(F)F)c1cc(C2CCN(C(=O)c3ccc(C(F)(F)F)nc3)CC2)[nH]n1. The Morgan fingerprint density at radius 3 is 2.35 bits per heavy atom. The van der Waals surface area contributed by atoms with Gasteiger partial charge in [-0.05, 0) is 31.0 Å². The Balaban J connectivity index is 1.55. The lowest BCUT2D eigenvalue weighted by Crippen LogP contribution is -2.38. The number of alkyl halides is 6. The van der Waals surface area contributed by atoms with Gasteiger partial charge in [0.1, 0.15) is 17.9 Å². The molecule has 0 aromatic carbocycles. The lowest BCUT2D eigenvalue weighted by atomic mass is 9.93. The number of aromatic nitrogens is 3. The number of nitrogens with one attached hydrogen (secondary N) is 2. The molecule has 1 aliphatic rings. The minimum Gasteiger partial charge on any atom is -0.342 e. The molecule has 168 valence electrons. The average molecular weight is 449 g/mol. The molecule has 0 radical (unpaired) electrons. The van der Waals surface area contributed by atoms with E-state index < -0.39 is 36.4 Å². The Hall–Kier alpha value is -3.12. The highest BCUT2D eigenvalue weighted by atomic mass is 19.4. The second-order valence-electron chi connectivity index (χ2n) is 7.00. The molecule has 31 heavy (non-hydrogen) atoms. The Bertz CT molecular complexity index is 930. The first-order valence-electron chi connectivity index (χ1n) is 9.17. The van der Waals surface area contributed by atoms with Gasteiger partial charge >= 0.3 is 12.4 Å². The van der Waals surface area contributed by atoms with E-state index in [1.54, 1.807) is 5.32 Å². The number of hydrogen-bond donors (Lipinski definition) is 2. The fourth-order valence-corrected chi connectivity index (χ4v) is 3.20. The van der Waals surface area contributed by atoms with Crippen LogP contribution in [0.2, 0.25) is 0 Å². The highest BCUT2D eigenvalue weighted by Gasteiger charge is 2.33. The number of likely N-dealkylation sites (tertiary alicyclic amines) is 1. The van der Waals surface area contributed by atoms with E-state index in [0.29, 0.717) is 31.6 Å². The van der Waals surface area contributed by atoms with E-state index in [9.17, 15) is 35.9 Å². The average Bonchev–Trinajstić information content (AvgIpc) is 3.21. The fraction of sp³-hybridized carbons (Fsp3) is 0.444. The summed E-state index contributed by atoms with van der Waals surface area (Å²) in [5.74, 6) is -1.51. The summed E-state index contributed by atoms with van der Waals surface area (Å²) in [6.07, 6.45) is -7.28. The van der Waals surface area contributed by atoms with Crippen LogP contribution in [0.5, 0.6) is 0 Å². The van der Waals surface area contributed by atoms with E-state index >= 15 is 0 Å². The van der Waals surface area contributed by atoms with Gasteiger partial charge < -0.3 is 10.2 Å². The van der Waals surface area contributed by atoms with Crippen LogP contribution < -0.4 is 5.32 Å². The third-order valence-corrected chi connectivity index (χ3v) is 4.80. The zero-order valence-electron chi connectivity index (χ0n) is 15.8. The molecule has 1 aliphatic heterocycles. The van der Waals surface area contributed by atoms with Gasteiger partial charge in [0.2, 0.25) is 0 Å². The number of carbonyl (C=O) groups excluding carboxylic acids is 2. The number of hydrogen-bond acceptors (Lipinski definition) is 4. The molecule has 0 spiro atoms. The molecule has 2 aromatic rings. The minimum absolute atomic E-state index is 0.0385. The van der Waals surface area contributed by atoms with Crippen LogP contribution in [0.15, 0.2) is 24.4 Å². The maximum absolute atomic E-state index is 12.6. The van der Waals surface area contributed by atoms with Crippen LogP contribution >= 0.6 is 0 Å². The van der Waals surface area contributed by atoms with Gasteiger partial charge in [-0.1, -0.05) is 0 Å². The fourth-order valence-electron chi connectivity index (χ4n) is 3.20. The van der Waals surface area contributed by atoms with Crippen LogP contribution in [-0.2, 0) is 6.18 Å². The quantitative estimate of drug-likeness (QED) is 0.702. The summed E-state index contributed by atoms with van der Waals surface area (Å²) < 4.78 is 74.3. The van der Waals surface area contributed by atoms with Crippen molar-refractivity contribution in [1.29, 1.82) is 0 Å². The van der Waals surface area contributed by atoms with E-state index in [2.05, 4.69) is 15.2 Å². The number of amides is 2. The molecule has 1 saturated heterocycles. The molecule has 7 nitrogen and oxygen atoms in total. The van der Waals surface area contributed by atoms with Crippen molar-refractivity contribution < 1.29 is 35.9 Å². The van der Waals surface area contributed by atoms with Gasteiger partial charge in [-0.15, -0.1) is 0 Å². The first-order chi connectivity index (χ1) is 14.4. The summed E-state index contributed by atoms with van der Waals surface area (Å²) in [5, 5.41) is 8.11. The molecule has 0 bridgehead atoms. The van der Waals surface area contributed by atoms with Crippen molar-refractivity contribution >= 4 is 11.8 Å². The number of H-pyrrole nitrogens is 1. The number of rotatable bonds is 4. The molecule has 1 fully saturated rings. The molecule has 0 aliphatic carbocycles. The maximum atomic E-state index is 12.6. The minimum atomic E-state index is -4.59. The Kier molecular flexibility index (Phi) is 6.23. The first kappa shape index (κ1) is 22.6. The number of nitrogens with zero attached hydrogens (tertiary/aromatic N) is 3. The zero-order chi connectivity index (χ0) is 22.8. The van der Waals surface area contributed by atoms with E-state index in [0.717, 1.165) is 18.3 Å². The van der Waals surface area contributed by atoms with Crippen LogP contribution in [0.25, 0.3) is 0 Å². The number of halogens is 6. The highest BCUT2D eigenvalue weighted by Crippen LogP contribution is 2.29.